The van der Waals surface area contributed by atoms with Gasteiger partial charge < -0.3 is 15.2 Å². The topological polar surface area (TPSA) is 44.5 Å². The van der Waals surface area contributed by atoms with E-state index in [9.17, 15) is 0 Å². The molecule has 0 aromatic heterocycles. The summed E-state index contributed by atoms with van der Waals surface area (Å²) in [5.74, 6) is 1.50. The maximum Gasteiger partial charge on any atom is 0.147 e. The molecule has 0 bridgehead atoms. The van der Waals surface area contributed by atoms with Gasteiger partial charge in [0.1, 0.15) is 17.2 Å². The lowest BCUT2D eigenvalue weighted by molar-refractivity contribution is 0.243. The van der Waals surface area contributed by atoms with Crippen LogP contribution in [0.25, 0.3) is 0 Å². The van der Waals surface area contributed by atoms with Gasteiger partial charge in [-0.25, -0.2) is 0 Å². The van der Waals surface area contributed by atoms with Crippen LogP contribution < -0.4 is 15.2 Å². The van der Waals surface area contributed by atoms with Gasteiger partial charge in [0.2, 0.25) is 0 Å². The largest absolute Gasteiger partial charge is 0.489 e. The van der Waals surface area contributed by atoms with Crippen molar-refractivity contribution in [3.05, 3.63) is 45.4 Å². The molecule has 2 aromatic rings. The molecule has 0 radical (unpaired) electrons. The highest BCUT2D eigenvalue weighted by atomic mass is 35.5. The zero-order chi connectivity index (χ0) is 15.6. The second kappa shape index (κ2) is 6.65. The number of hydrogen-bond donors (Lipinski definition) is 1. The zero-order valence-corrected chi connectivity index (χ0v) is 13.8. The van der Waals surface area contributed by atoms with Crippen molar-refractivity contribution in [1.82, 2.24) is 0 Å². The summed E-state index contributed by atoms with van der Waals surface area (Å²) in [6.07, 6.45) is 0.0103. The number of anilines is 1. The molecule has 0 saturated heterocycles. The maximum absolute atomic E-state index is 6.08. The molecule has 0 heterocycles. The number of benzene rings is 2. The highest BCUT2D eigenvalue weighted by molar-refractivity contribution is 6.43. The van der Waals surface area contributed by atoms with E-state index in [2.05, 4.69) is 0 Å². The molecule has 0 fully saturated rings. The predicted molar refractivity (Wildman–Crippen MR) is 88.2 cm³/mol. The fourth-order valence-corrected chi connectivity index (χ4v) is 2.22. The highest BCUT2D eigenvalue weighted by Gasteiger charge is 2.10. The molecule has 2 rings (SSSR count). The molecular formula is C15H14Cl3NO2. The lowest BCUT2D eigenvalue weighted by atomic mass is 10.2. The van der Waals surface area contributed by atoms with Gasteiger partial charge >= 0.3 is 0 Å². The molecule has 21 heavy (non-hydrogen) atoms. The van der Waals surface area contributed by atoms with E-state index in [1.165, 1.54) is 6.07 Å². The van der Waals surface area contributed by atoms with Gasteiger partial charge in [-0.05, 0) is 32.0 Å². The minimum Gasteiger partial charge on any atom is -0.489 e. The number of nitrogen functional groups attached to an aromatic ring is 1. The van der Waals surface area contributed by atoms with Crippen LogP contribution >= 0.6 is 34.8 Å². The molecule has 2 aromatic carbocycles. The van der Waals surface area contributed by atoms with E-state index in [1.807, 2.05) is 13.8 Å². The van der Waals surface area contributed by atoms with E-state index in [-0.39, 0.29) is 6.10 Å². The summed E-state index contributed by atoms with van der Waals surface area (Å²) in [5.41, 5.74) is 6.40. The Morgan fingerprint density at radius 3 is 2.24 bits per heavy atom. The Bertz CT molecular complexity index is 660. The number of hydrogen-bond acceptors (Lipinski definition) is 3. The van der Waals surface area contributed by atoms with Gasteiger partial charge in [0.05, 0.1) is 26.9 Å². The van der Waals surface area contributed by atoms with E-state index < -0.39 is 0 Å². The first-order valence-electron chi connectivity index (χ1n) is 6.25. The maximum atomic E-state index is 6.08. The van der Waals surface area contributed by atoms with E-state index in [1.54, 1.807) is 24.3 Å². The second-order valence-corrected chi connectivity index (χ2v) is 5.89. The summed E-state index contributed by atoms with van der Waals surface area (Å²) in [4.78, 5) is 0. The van der Waals surface area contributed by atoms with E-state index in [0.29, 0.717) is 38.0 Å². The van der Waals surface area contributed by atoms with Gasteiger partial charge in [0.15, 0.2) is 0 Å². The molecule has 6 heteroatoms. The fourth-order valence-electron chi connectivity index (χ4n) is 1.64. The van der Waals surface area contributed by atoms with Crippen molar-refractivity contribution in [3.8, 4) is 17.2 Å². The molecule has 0 aliphatic carbocycles. The SMILES string of the molecule is CC(C)Oc1cc(Oc2cc(Cl)c(Cl)cc2Cl)ccc1N. The zero-order valence-electron chi connectivity index (χ0n) is 11.5. The van der Waals surface area contributed by atoms with E-state index in [4.69, 9.17) is 50.0 Å². The van der Waals surface area contributed by atoms with Crippen LogP contribution in [0.4, 0.5) is 5.69 Å². The molecule has 0 aliphatic heterocycles. The Labute approximate surface area is 138 Å². The molecule has 3 nitrogen and oxygen atoms in total. The minimum absolute atomic E-state index is 0.0103. The number of halogens is 3. The molecular weight excluding hydrogens is 333 g/mol. The highest BCUT2D eigenvalue weighted by Crippen LogP contribution is 2.38. The number of nitrogens with two attached hydrogens (primary N) is 1. The fraction of sp³-hybridized carbons (Fsp3) is 0.200. The number of ether oxygens (including phenoxy) is 2. The van der Waals surface area contributed by atoms with Crippen molar-refractivity contribution in [2.24, 2.45) is 0 Å². The Balaban J connectivity index is 2.30. The summed E-state index contributed by atoms with van der Waals surface area (Å²) in [7, 11) is 0. The third-order valence-corrected chi connectivity index (χ3v) is 3.57. The number of rotatable bonds is 4. The van der Waals surface area contributed by atoms with Crippen LogP contribution in [0.3, 0.4) is 0 Å². The van der Waals surface area contributed by atoms with E-state index >= 15 is 0 Å². The van der Waals surface area contributed by atoms with Crippen molar-refractivity contribution < 1.29 is 9.47 Å². The third kappa shape index (κ3) is 4.10. The average molecular weight is 347 g/mol. The summed E-state index contributed by atoms with van der Waals surface area (Å²) < 4.78 is 11.3. The van der Waals surface area contributed by atoms with Crippen LogP contribution in [0.5, 0.6) is 17.2 Å². The smallest absolute Gasteiger partial charge is 0.147 e. The summed E-state index contributed by atoms with van der Waals surface area (Å²) in [5, 5.41) is 1.10. The molecule has 112 valence electrons. The lowest BCUT2D eigenvalue weighted by Crippen LogP contribution is -2.07. The first-order valence-corrected chi connectivity index (χ1v) is 7.39. The Morgan fingerprint density at radius 2 is 1.57 bits per heavy atom. The Morgan fingerprint density at radius 1 is 0.905 bits per heavy atom. The van der Waals surface area contributed by atoms with Crippen molar-refractivity contribution >= 4 is 40.5 Å². The normalized spacial score (nSPS) is 10.8. The monoisotopic (exact) mass is 345 g/mol. The van der Waals surface area contributed by atoms with Gasteiger partial charge in [-0.2, -0.15) is 0 Å². The molecule has 2 N–H and O–H groups in total. The standard InChI is InChI=1S/C15H14Cl3NO2/c1-8(2)20-15-5-9(3-4-13(15)19)21-14-7-11(17)10(16)6-12(14)18/h3-8H,19H2,1-2H3. The van der Waals surface area contributed by atoms with E-state index in [0.717, 1.165) is 0 Å². The molecule has 0 aliphatic rings. The second-order valence-electron chi connectivity index (χ2n) is 4.67. The molecule has 0 amide bonds. The third-order valence-electron chi connectivity index (χ3n) is 2.55. The van der Waals surface area contributed by atoms with Crippen LogP contribution in [0.1, 0.15) is 13.8 Å². The first-order chi connectivity index (χ1) is 9.86. The lowest BCUT2D eigenvalue weighted by Gasteiger charge is -2.14. The quantitative estimate of drug-likeness (QED) is 0.561. The molecule has 0 atom stereocenters. The Kier molecular flexibility index (Phi) is 5.09. The van der Waals surface area contributed by atoms with Gasteiger partial charge in [-0.3, -0.25) is 0 Å². The van der Waals surface area contributed by atoms with Crippen molar-refractivity contribution in [1.29, 1.82) is 0 Å². The van der Waals surface area contributed by atoms with Crippen LogP contribution in [-0.4, -0.2) is 6.10 Å². The summed E-state index contributed by atoms with van der Waals surface area (Å²) >= 11 is 17.9. The first kappa shape index (κ1) is 16.1. The average Bonchev–Trinajstić information content (AvgIpc) is 2.39. The summed E-state index contributed by atoms with van der Waals surface area (Å²) in [6.45, 7) is 3.84. The van der Waals surface area contributed by atoms with Crippen LogP contribution in [0.2, 0.25) is 15.1 Å². The van der Waals surface area contributed by atoms with Crippen LogP contribution in [0.15, 0.2) is 30.3 Å². The van der Waals surface area contributed by atoms with Crippen molar-refractivity contribution in [2.45, 2.75) is 20.0 Å². The van der Waals surface area contributed by atoms with Crippen LogP contribution in [-0.2, 0) is 0 Å². The summed E-state index contributed by atoms with van der Waals surface area (Å²) in [6, 6.07) is 8.23. The van der Waals surface area contributed by atoms with Crippen LogP contribution in [0, 0.1) is 0 Å². The van der Waals surface area contributed by atoms with Crippen molar-refractivity contribution in [2.75, 3.05) is 5.73 Å². The molecule has 0 saturated carbocycles. The van der Waals surface area contributed by atoms with Gasteiger partial charge in [-0.1, -0.05) is 34.8 Å². The molecule has 0 spiro atoms. The van der Waals surface area contributed by atoms with Gasteiger partial charge in [0, 0.05) is 12.1 Å². The van der Waals surface area contributed by atoms with Gasteiger partial charge in [-0.15, -0.1) is 0 Å². The predicted octanol–water partition coefficient (Wildman–Crippen LogP) is 5.81. The Hall–Kier alpha value is -1.29. The minimum atomic E-state index is 0.0103. The van der Waals surface area contributed by atoms with Crippen molar-refractivity contribution in [3.63, 3.8) is 0 Å². The van der Waals surface area contributed by atoms with Gasteiger partial charge in [0.25, 0.3) is 0 Å². The molecule has 0 unspecified atom stereocenters.